The molecule has 0 aliphatic heterocycles. The molecule has 114 valence electrons. The van der Waals surface area contributed by atoms with Crippen LogP contribution >= 0.6 is 11.3 Å². The highest BCUT2D eigenvalue weighted by molar-refractivity contribution is 7.11. The van der Waals surface area contributed by atoms with Crippen LogP contribution in [0.3, 0.4) is 0 Å². The lowest BCUT2D eigenvalue weighted by atomic mass is 10.1. The second-order valence-electron chi connectivity index (χ2n) is 4.59. The number of hydrogen-bond donors (Lipinski definition) is 0. The Hall–Kier alpha value is -2.55. The molecule has 0 amide bonds. The average Bonchev–Trinajstić information content (AvgIpc) is 3.05. The predicted octanol–water partition coefficient (Wildman–Crippen LogP) is 1.45. The molecule has 9 heteroatoms. The predicted molar refractivity (Wildman–Crippen MR) is 77.7 cm³/mol. The van der Waals surface area contributed by atoms with Crippen molar-refractivity contribution in [3.8, 4) is 10.9 Å². The Morgan fingerprint density at radius 1 is 1.36 bits per heavy atom. The molecule has 0 unspecified atom stereocenters. The Bertz CT molecular complexity index is 869. The fourth-order valence-corrected chi connectivity index (χ4v) is 2.47. The molecule has 0 aliphatic carbocycles. The Kier molecular flexibility index (Phi) is 3.72. The molecule has 0 bridgehead atoms. The van der Waals surface area contributed by atoms with Gasteiger partial charge in [0.15, 0.2) is 5.13 Å². The molecule has 1 aromatic carbocycles. The van der Waals surface area contributed by atoms with Gasteiger partial charge in [-0.15, -0.1) is 0 Å². The van der Waals surface area contributed by atoms with Gasteiger partial charge in [0.25, 0.3) is 5.19 Å². The number of hydrogen-bond acceptors (Lipinski definition) is 6. The summed E-state index contributed by atoms with van der Waals surface area (Å²) in [4.78, 5) is 15.8. The van der Waals surface area contributed by atoms with Crippen molar-refractivity contribution in [1.29, 1.82) is 0 Å². The van der Waals surface area contributed by atoms with E-state index in [0.29, 0.717) is 5.69 Å². The Morgan fingerprint density at radius 3 is 2.82 bits per heavy atom. The van der Waals surface area contributed by atoms with Crippen molar-refractivity contribution < 1.29 is 9.13 Å². The molecule has 3 aromatic rings. The third-order valence-corrected chi connectivity index (χ3v) is 3.83. The summed E-state index contributed by atoms with van der Waals surface area (Å²) in [5.41, 5.74) is 1.91. The second kappa shape index (κ2) is 5.68. The van der Waals surface area contributed by atoms with E-state index in [2.05, 4.69) is 15.4 Å². The summed E-state index contributed by atoms with van der Waals surface area (Å²) in [7, 11) is 1.52. The summed E-state index contributed by atoms with van der Waals surface area (Å²) < 4.78 is 20.8. The standard InChI is InChI=1S/C13H12FN5O2S/c1-8-4-3-5-10(19-13(20)18(2)16-17-19)9(8)7-21-12-15-6-11(14)22-12/h3-6H,7H2,1-2H3. The molecule has 0 radical (unpaired) electrons. The number of aromatic nitrogens is 5. The van der Waals surface area contributed by atoms with Gasteiger partial charge >= 0.3 is 5.69 Å². The molecule has 0 spiro atoms. The van der Waals surface area contributed by atoms with E-state index in [1.54, 1.807) is 6.07 Å². The zero-order valence-corrected chi connectivity index (χ0v) is 12.7. The third kappa shape index (κ3) is 2.62. The Labute approximate surface area is 128 Å². The normalized spacial score (nSPS) is 10.9. The molecule has 3 rings (SSSR count). The molecule has 0 fully saturated rings. The summed E-state index contributed by atoms with van der Waals surface area (Å²) >= 11 is 0.821. The molecule has 2 aromatic heterocycles. The van der Waals surface area contributed by atoms with Crippen molar-refractivity contribution in [3.63, 3.8) is 0 Å². The zero-order chi connectivity index (χ0) is 15.7. The monoisotopic (exact) mass is 321 g/mol. The van der Waals surface area contributed by atoms with E-state index in [1.807, 2.05) is 19.1 Å². The minimum absolute atomic E-state index is 0.151. The van der Waals surface area contributed by atoms with Crippen LogP contribution in [0.2, 0.25) is 0 Å². The van der Waals surface area contributed by atoms with E-state index in [4.69, 9.17) is 4.74 Å². The molecule has 22 heavy (non-hydrogen) atoms. The molecule has 0 aliphatic rings. The highest BCUT2D eigenvalue weighted by atomic mass is 32.1. The summed E-state index contributed by atoms with van der Waals surface area (Å²) in [6.07, 6.45) is 1.10. The number of benzene rings is 1. The lowest BCUT2D eigenvalue weighted by Gasteiger charge is -2.11. The van der Waals surface area contributed by atoms with E-state index in [1.165, 1.54) is 11.7 Å². The SMILES string of the molecule is Cc1cccc(-n2nnn(C)c2=O)c1COc1ncc(F)s1. The van der Waals surface area contributed by atoms with Gasteiger partial charge in [-0.1, -0.05) is 12.1 Å². The highest BCUT2D eigenvalue weighted by Gasteiger charge is 2.14. The smallest absolute Gasteiger partial charge is 0.368 e. The van der Waals surface area contributed by atoms with Crippen molar-refractivity contribution in [3.05, 3.63) is 51.1 Å². The van der Waals surface area contributed by atoms with Crippen LogP contribution in [0, 0.1) is 12.1 Å². The van der Waals surface area contributed by atoms with Crippen molar-refractivity contribution >= 4 is 11.3 Å². The lowest BCUT2D eigenvalue weighted by molar-refractivity contribution is 0.303. The zero-order valence-electron chi connectivity index (χ0n) is 11.9. The van der Waals surface area contributed by atoms with E-state index >= 15 is 0 Å². The largest absolute Gasteiger partial charge is 0.465 e. The molecule has 0 saturated carbocycles. The molecule has 0 N–H and O–H groups in total. The second-order valence-corrected chi connectivity index (χ2v) is 5.53. The number of thiazole rings is 1. The first-order valence-corrected chi connectivity index (χ1v) is 7.20. The Balaban J connectivity index is 1.96. The topological polar surface area (TPSA) is 74.8 Å². The van der Waals surface area contributed by atoms with Crippen LogP contribution in [0.25, 0.3) is 5.69 Å². The van der Waals surface area contributed by atoms with Crippen molar-refractivity contribution in [2.45, 2.75) is 13.5 Å². The van der Waals surface area contributed by atoms with Crippen molar-refractivity contribution in [2.24, 2.45) is 7.05 Å². The fraction of sp³-hybridized carbons (Fsp3) is 0.231. The van der Waals surface area contributed by atoms with Gasteiger partial charge in [0.05, 0.1) is 11.9 Å². The first kappa shape index (κ1) is 14.4. The minimum Gasteiger partial charge on any atom is -0.465 e. The van der Waals surface area contributed by atoms with Gasteiger partial charge in [-0.25, -0.2) is 9.78 Å². The van der Waals surface area contributed by atoms with Gasteiger partial charge in [0.1, 0.15) is 6.61 Å². The number of aryl methyl sites for hydroxylation is 2. The average molecular weight is 321 g/mol. The molecular weight excluding hydrogens is 309 g/mol. The number of rotatable bonds is 4. The number of nitrogens with zero attached hydrogens (tertiary/aromatic N) is 5. The fourth-order valence-electron chi connectivity index (χ4n) is 1.98. The van der Waals surface area contributed by atoms with E-state index < -0.39 is 5.13 Å². The maximum absolute atomic E-state index is 12.9. The summed E-state index contributed by atoms with van der Waals surface area (Å²) in [6, 6.07) is 5.47. The van der Waals surface area contributed by atoms with Gasteiger partial charge in [-0.05, 0) is 40.3 Å². The van der Waals surface area contributed by atoms with Crippen LogP contribution in [0.5, 0.6) is 5.19 Å². The van der Waals surface area contributed by atoms with Crippen LogP contribution in [0.15, 0.2) is 29.2 Å². The van der Waals surface area contributed by atoms with Crippen LogP contribution < -0.4 is 10.4 Å². The number of halogens is 1. The van der Waals surface area contributed by atoms with Crippen LogP contribution in [-0.2, 0) is 13.7 Å². The highest BCUT2D eigenvalue weighted by Crippen LogP contribution is 2.23. The summed E-state index contributed by atoms with van der Waals surface area (Å²) in [5, 5.41) is 7.36. The first-order valence-electron chi connectivity index (χ1n) is 6.38. The quantitative estimate of drug-likeness (QED) is 0.727. The van der Waals surface area contributed by atoms with Gasteiger partial charge in [-0.3, -0.25) is 0 Å². The molecular formula is C13H12FN5O2S. The van der Waals surface area contributed by atoms with E-state index in [0.717, 1.165) is 33.3 Å². The van der Waals surface area contributed by atoms with Crippen LogP contribution in [0.4, 0.5) is 4.39 Å². The lowest BCUT2D eigenvalue weighted by Crippen LogP contribution is -2.23. The first-order chi connectivity index (χ1) is 10.6. The Morgan fingerprint density at radius 2 is 2.18 bits per heavy atom. The van der Waals surface area contributed by atoms with Crippen molar-refractivity contribution in [1.82, 2.24) is 24.8 Å². The van der Waals surface area contributed by atoms with Gasteiger partial charge in [0, 0.05) is 12.6 Å². The summed E-state index contributed by atoms with van der Waals surface area (Å²) in [6.45, 7) is 2.05. The third-order valence-electron chi connectivity index (χ3n) is 3.13. The maximum Gasteiger partial charge on any atom is 0.368 e. The van der Waals surface area contributed by atoms with Crippen LogP contribution in [-0.4, -0.2) is 24.8 Å². The van der Waals surface area contributed by atoms with E-state index in [9.17, 15) is 9.18 Å². The van der Waals surface area contributed by atoms with Gasteiger partial charge in [-0.2, -0.15) is 13.8 Å². The molecule has 0 atom stereocenters. The van der Waals surface area contributed by atoms with E-state index in [-0.39, 0.29) is 17.5 Å². The van der Waals surface area contributed by atoms with Gasteiger partial charge < -0.3 is 4.74 Å². The molecule has 7 nitrogen and oxygen atoms in total. The molecule has 0 saturated heterocycles. The maximum atomic E-state index is 12.9. The van der Waals surface area contributed by atoms with Crippen molar-refractivity contribution in [2.75, 3.05) is 0 Å². The minimum atomic E-state index is -0.412. The summed E-state index contributed by atoms with van der Waals surface area (Å²) in [5.74, 6) is 0. The molecule has 2 heterocycles. The van der Waals surface area contributed by atoms with Gasteiger partial charge in [0.2, 0.25) is 0 Å². The number of tetrazole rings is 1. The number of ether oxygens (including phenoxy) is 1. The van der Waals surface area contributed by atoms with Crippen LogP contribution in [0.1, 0.15) is 11.1 Å².